The molecular formula is C15H22Cl2N2. The Labute approximate surface area is 126 Å². The molecule has 2 rings (SSSR count). The van der Waals surface area contributed by atoms with Gasteiger partial charge in [0.25, 0.3) is 0 Å². The normalized spacial score (nSPS) is 24.6. The molecular weight excluding hydrogens is 279 g/mol. The SMILES string of the molecule is CC1CNC(C(C)(C)C)CN1c1c(Cl)cccc1Cl. The standard InChI is InChI=1S/C15H22Cl2N2/c1-10-8-18-13(15(2,3)4)9-19(10)14-11(16)6-5-7-12(14)17/h5-7,10,13,18H,8-9H2,1-4H3. The zero-order chi connectivity index (χ0) is 14.2. The average Bonchev–Trinajstić information content (AvgIpc) is 2.29. The lowest BCUT2D eigenvalue weighted by Gasteiger charge is -2.45. The number of rotatable bonds is 1. The Morgan fingerprint density at radius 3 is 2.32 bits per heavy atom. The second kappa shape index (κ2) is 5.51. The number of anilines is 1. The zero-order valence-corrected chi connectivity index (χ0v) is 13.5. The Hall–Kier alpha value is -0.440. The van der Waals surface area contributed by atoms with Crippen LogP contribution in [0.2, 0.25) is 10.0 Å². The van der Waals surface area contributed by atoms with Gasteiger partial charge in [0.2, 0.25) is 0 Å². The Bertz CT molecular complexity index is 434. The van der Waals surface area contributed by atoms with Crippen LogP contribution in [-0.4, -0.2) is 25.2 Å². The van der Waals surface area contributed by atoms with E-state index in [1.807, 2.05) is 18.2 Å². The van der Waals surface area contributed by atoms with Gasteiger partial charge in [0.05, 0.1) is 15.7 Å². The first-order valence-electron chi connectivity index (χ1n) is 6.74. The summed E-state index contributed by atoms with van der Waals surface area (Å²) in [6.45, 7) is 10.8. The Balaban J connectivity index is 2.32. The molecule has 1 aromatic rings. The van der Waals surface area contributed by atoms with E-state index in [1.165, 1.54) is 0 Å². The fourth-order valence-corrected chi connectivity index (χ4v) is 3.13. The van der Waals surface area contributed by atoms with Crippen molar-refractivity contribution in [3.05, 3.63) is 28.2 Å². The largest absolute Gasteiger partial charge is 0.364 e. The highest BCUT2D eigenvalue weighted by atomic mass is 35.5. The first-order valence-corrected chi connectivity index (χ1v) is 7.50. The number of benzene rings is 1. The minimum absolute atomic E-state index is 0.214. The molecule has 0 spiro atoms. The molecule has 2 unspecified atom stereocenters. The van der Waals surface area contributed by atoms with Crippen molar-refractivity contribution in [1.29, 1.82) is 0 Å². The molecule has 0 aromatic heterocycles. The molecule has 1 saturated heterocycles. The van der Waals surface area contributed by atoms with Crippen LogP contribution in [0, 0.1) is 5.41 Å². The van der Waals surface area contributed by atoms with Crippen LogP contribution in [0.25, 0.3) is 0 Å². The highest BCUT2D eigenvalue weighted by Crippen LogP contribution is 2.36. The molecule has 106 valence electrons. The molecule has 1 heterocycles. The lowest BCUT2D eigenvalue weighted by Crippen LogP contribution is -2.59. The third-order valence-corrected chi connectivity index (χ3v) is 4.45. The molecule has 2 nitrogen and oxygen atoms in total. The van der Waals surface area contributed by atoms with Crippen molar-refractivity contribution in [3.8, 4) is 0 Å². The van der Waals surface area contributed by atoms with E-state index in [0.29, 0.717) is 12.1 Å². The minimum atomic E-state index is 0.214. The van der Waals surface area contributed by atoms with E-state index in [1.54, 1.807) is 0 Å². The molecule has 0 aliphatic carbocycles. The van der Waals surface area contributed by atoms with Crippen LogP contribution in [0.1, 0.15) is 27.7 Å². The lowest BCUT2D eigenvalue weighted by atomic mass is 9.84. The monoisotopic (exact) mass is 300 g/mol. The summed E-state index contributed by atoms with van der Waals surface area (Å²) in [5.41, 5.74) is 1.18. The van der Waals surface area contributed by atoms with Gasteiger partial charge in [0, 0.05) is 25.2 Å². The number of piperazine rings is 1. The fourth-order valence-electron chi connectivity index (χ4n) is 2.52. The van der Waals surface area contributed by atoms with Gasteiger partial charge in [-0.2, -0.15) is 0 Å². The van der Waals surface area contributed by atoms with Gasteiger partial charge in [-0.25, -0.2) is 0 Å². The quantitative estimate of drug-likeness (QED) is 0.836. The third-order valence-electron chi connectivity index (χ3n) is 3.84. The average molecular weight is 301 g/mol. The number of halogens is 2. The number of hydrogen-bond donors (Lipinski definition) is 1. The van der Waals surface area contributed by atoms with Crippen molar-refractivity contribution >= 4 is 28.9 Å². The molecule has 1 aromatic carbocycles. The summed E-state index contributed by atoms with van der Waals surface area (Å²) in [5.74, 6) is 0. The molecule has 2 atom stereocenters. The summed E-state index contributed by atoms with van der Waals surface area (Å²) in [6.07, 6.45) is 0. The predicted octanol–water partition coefficient (Wildman–Crippen LogP) is 4.21. The first-order chi connectivity index (χ1) is 8.80. The summed E-state index contributed by atoms with van der Waals surface area (Å²) in [6, 6.07) is 6.52. The molecule has 1 N–H and O–H groups in total. The Kier molecular flexibility index (Phi) is 4.34. The van der Waals surface area contributed by atoms with Gasteiger partial charge in [-0.3, -0.25) is 0 Å². The van der Waals surface area contributed by atoms with Crippen LogP contribution < -0.4 is 10.2 Å². The maximum absolute atomic E-state index is 6.34. The predicted molar refractivity (Wildman–Crippen MR) is 84.5 cm³/mol. The van der Waals surface area contributed by atoms with Gasteiger partial charge in [0.15, 0.2) is 0 Å². The maximum atomic E-state index is 6.34. The van der Waals surface area contributed by atoms with Crippen molar-refractivity contribution in [2.24, 2.45) is 5.41 Å². The van der Waals surface area contributed by atoms with E-state index in [-0.39, 0.29) is 5.41 Å². The second-order valence-electron chi connectivity index (χ2n) is 6.40. The van der Waals surface area contributed by atoms with E-state index >= 15 is 0 Å². The maximum Gasteiger partial charge on any atom is 0.0748 e. The summed E-state index contributed by atoms with van der Waals surface area (Å²) < 4.78 is 0. The highest BCUT2D eigenvalue weighted by molar-refractivity contribution is 6.39. The van der Waals surface area contributed by atoms with Crippen LogP contribution in [0.5, 0.6) is 0 Å². The second-order valence-corrected chi connectivity index (χ2v) is 7.21. The Morgan fingerprint density at radius 2 is 1.79 bits per heavy atom. The fraction of sp³-hybridized carbons (Fsp3) is 0.600. The molecule has 0 radical (unpaired) electrons. The van der Waals surface area contributed by atoms with Crippen molar-refractivity contribution in [2.75, 3.05) is 18.0 Å². The van der Waals surface area contributed by atoms with Crippen molar-refractivity contribution in [2.45, 2.75) is 39.8 Å². The van der Waals surface area contributed by atoms with Crippen molar-refractivity contribution < 1.29 is 0 Å². The van der Waals surface area contributed by atoms with Crippen LogP contribution in [-0.2, 0) is 0 Å². The molecule has 1 aliphatic heterocycles. The van der Waals surface area contributed by atoms with E-state index in [0.717, 1.165) is 28.8 Å². The number of nitrogens with zero attached hydrogens (tertiary/aromatic N) is 1. The molecule has 4 heteroatoms. The van der Waals surface area contributed by atoms with E-state index in [4.69, 9.17) is 23.2 Å². The van der Waals surface area contributed by atoms with Crippen LogP contribution >= 0.6 is 23.2 Å². The van der Waals surface area contributed by atoms with E-state index in [9.17, 15) is 0 Å². The zero-order valence-electron chi connectivity index (χ0n) is 12.0. The van der Waals surface area contributed by atoms with Gasteiger partial charge in [-0.1, -0.05) is 50.0 Å². The van der Waals surface area contributed by atoms with E-state index < -0.39 is 0 Å². The molecule has 0 bridgehead atoms. The van der Waals surface area contributed by atoms with Crippen molar-refractivity contribution in [3.63, 3.8) is 0 Å². The molecule has 19 heavy (non-hydrogen) atoms. The Morgan fingerprint density at radius 1 is 1.21 bits per heavy atom. The number of nitrogens with one attached hydrogen (secondary N) is 1. The van der Waals surface area contributed by atoms with Gasteiger partial charge in [0.1, 0.15) is 0 Å². The van der Waals surface area contributed by atoms with Gasteiger partial charge in [-0.15, -0.1) is 0 Å². The highest BCUT2D eigenvalue weighted by Gasteiger charge is 2.33. The first kappa shape index (κ1) is 15.0. The summed E-state index contributed by atoms with van der Waals surface area (Å²) in [7, 11) is 0. The molecule has 1 aliphatic rings. The topological polar surface area (TPSA) is 15.3 Å². The molecule has 1 fully saturated rings. The molecule has 0 amide bonds. The third kappa shape index (κ3) is 3.18. The van der Waals surface area contributed by atoms with E-state index in [2.05, 4.69) is 37.9 Å². The lowest BCUT2D eigenvalue weighted by molar-refractivity contribution is 0.239. The molecule has 0 saturated carbocycles. The van der Waals surface area contributed by atoms with Crippen LogP contribution in [0.4, 0.5) is 5.69 Å². The summed E-state index contributed by atoms with van der Waals surface area (Å²) >= 11 is 12.7. The van der Waals surface area contributed by atoms with Crippen molar-refractivity contribution in [1.82, 2.24) is 5.32 Å². The number of hydrogen-bond acceptors (Lipinski definition) is 2. The number of para-hydroxylation sites is 1. The van der Waals surface area contributed by atoms with Crippen LogP contribution in [0.3, 0.4) is 0 Å². The summed E-state index contributed by atoms with van der Waals surface area (Å²) in [5, 5.41) is 5.08. The smallest absolute Gasteiger partial charge is 0.0748 e. The van der Waals surface area contributed by atoms with Gasteiger partial charge < -0.3 is 10.2 Å². The van der Waals surface area contributed by atoms with Gasteiger partial charge >= 0.3 is 0 Å². The summed E-state index contributed by atoms with van der Waals surface area (Å²) in [4.78, 5) is 2.33. The minimum Gasteiger partial charge on any atom is -0.364 e. The van der Waals surface area contributed by atoms with Gasteiger partial charge in [-0.05, 0) is 24.5 Å². The van der Waals surface area contributed by atoms with Crippen LogP contribution in [0.15, 0.2) is 18.2 Å².